The number of nitrogens with one attached hydrogen (secondary N) is 2. The fourth-order valence-corrected chi connectivity index (χ4v) is 1.91. The minimum Gasteiger partial charge on any atom is -0.489 e. The number of hydrazone groups is 1. The smallest absolute Gasteiger partial charge is 0.221 e. The summed E-state index contributed by atoms with van der Waals surface area (Å²) in [6.45, 7) is 2.61. The number of hydrazine groups is 1. The van der Waals surface area contributed by atoms with Crippen LogP contribution in [0.1, 0.15) is 16.7 Å². The normalized spacial score (nSPS) is 10.5. The molecule has 0 aliphatic carbocycles. The monoisotopic (exact) mass is 300 g/mol. The number of rotatable bonds is 5. The van der Waals surface area contributed by atoms with E-state index in [1.807, 2.05) is 30.3 Å². The van der Waals surface area contributed by atoms with Gasteiger partial charge in [0.2, 0.25) is 5.11 Å². The number of ether oxygens (including phenoxy) is 1. The Morgan fingerprint density at radius 2 is 2.10 bits per heavy atom. The van der Waals surface area contributed by atoms with Gasteiger partial charge in [-0.2, -0.15) is 0 Å². The highest BCUT2D eigenvalue weighted by atomic mass is 32.1. The van der Waals surface area contributed by atoms with Crippen LogP contribution in [0.15, 0.2) is 48.5 Å². The van der Waals surface area contributed by atoms with Crippen molar-refractivity contribution in [3.05, 3.63) is 65.2 Å². The third kappa shape index (κ3) is 5.24. The summed E-state index contributed by atoms with van der Waals surface area (Å²) >= 11 is 4.70. The molecule has 21 heavy (non-hydrogen) atoms. The van der Waals surface area contributed by atoms with E-state index in [1.165, 1.54) is 5.56 Å². The van der Waals surface area contributed by atoms with Crippen molar-refractivity contribution >= 4 is 23.5 Å². The maximum atomic E-state index is 5.80. The summed E-state index contributed by atoms with van der Waals surface area (Å²) in [5.41, 5.74) is 11.3. The topological polar surface area (TPSA) is 61.2 Å². The molecular weight excluding hydrogens is 282 g/mol. The van der Waals surface area contributed by atoms with Crippen molar-refractivity contribution in [1.82, 2.24) is 5.43 Å². The number of aryl methyl sites for hydroxylation is 1. The van der Waals surface area contributed by atoms with Gasteiger partial charge in [-0.05, 0) is 42.9 Å². The molecule has 0 aromatic heterocycles. The predicted octanol–water partition coefficient (Wildman–Crippen LogP) is 0.822. The summed E-state index contributed by atoms with van der Waals surface area (Å²) in [6, 6.07) is 16.0. The van der Waals surface area contributed by atoms with Gasteiger partial charge in [0.15, 0.2) is 6.21 Å². The molecule has 108 valence electrons. The van der Waals surface area contributed by atoms with Crippen LogP contribution in [0.2, 0.25) is 0 Å². The lowest BCUT2D eigenvalue weighted by atomic mass is 10.1. The Labute approximate surface area is 129 Å². The lowest BCUT2D eigenvalue weighted by Gasteiger charge is -2.07. The minimum atomic E-state index is 0.193. The molecular formula is C16H18N3OS+. The highest BCUT2D eigenvalue weighted by Gasteiger charge is 1.99. The average Bonchev–Trinajstić information content (AvgIpc) is 2.45. The lowest BCUT2D eigenvalue weighted by Crippen LogP contribution is -2.82. The Balaban J connectivity index is 1.97. The molecule has 0 saturated carbocycles. The van der Waals surface area contributed by atoms with Crippen LogP contribution < -0.4 is 21.0 Å². The van der Waals surface area contributed by atoms with E-state index in [1.54, 1.807) is 6.21 Å². The van der Waals surface area contributed by atoms with E-state index in [-0.39, 0.29) is 5.11 Å². The molecule has 0 heterocycles. The number of hydrogen-bond acceptors (Lipinski definition) is 2. The van der Waals surface area contributed by atoms with Gasteiger partial charge in [0.05, 0.1) is 0 Å². The molecule has 0 fully saturated rings. The summed E-state index contributed by atoms with van der Waals surface area (Å²) in [5, 5.41) is 3.01. The second-order valence-corrected chi connectivity index (χ2v) is 5.07. The third-order valence-corrected chi connectivity index (χ3v) is 2.88. The lowest BCUT2D eigenvalue weighted by molar-refractivity contribution is -0.499. The van der Waals surface area contributed by atoms with Gasteiger partial charge in [-0.15, -0.1) is 10.5 Å². The Morgan fingerprint density at radius 3 is 2.86 bits per heavy atom. The van der Waals surface area contributed by atoms with Gasteiger partial charge in [-0.3, -0.25) is 0 Å². The molecule has 4 N–H and O–H groups in total. The van der Waals surface area contributed by atoms with Crippen LogP contribution in [-0.2, 0) is 6.61 Å². The first-order chi connectivity index (χ1) is 10.1. The van der Waals surface area contributed by atoms with E-state index >= 15 is 0 Å². The van der Waals surface area contributed by atoms with Crippen LogP contribution in [0, 0.1) is 6.92 Å². The average molecular weight is 300 g/mol. The van der Waals surface area contributed by atoms with Crippen LogP contribution >= 0.6 is 12.2 Å². The molecule has 0 unspecified atom stereocenters. The third-order valence-electron chi connectivity index (χ3n) is 2.78. The Morgan fingerprint density at radius 1 is 1.29 bits per heavy atom. The van der Waals surface area contributed by atoms with Crippen LogP contribution in [0.4, 0.5) is 0 Å². The van der Waals surface area contributed by atoms with Gasteiger partial charge in [-0.1, -0.05) is 35.9 Å². The molecule has 0 atom stereocenters. The van der Waals surface area contributed by atoms with Crippen molar-refractivity contribution in [2.75, 3.05) is 0 Å². The fourth-order valence-electron chi connectivity index (χ4n) is 1.85. The van der Waals surface area contributed by atoms with Crippen LogP contribution in [0.25, 0.3) is 0 Å². The molecule has 0 bridgehead atoms. The molecule has 5 heteroatoms. The van der Waals surface area contributed by atoms with Crippen LogP contribution in [0.3, 0.4) is 0 Å². The quantitative estimate of drug-likeness (QED) is 0.435. The van der Waals surface area contributed by atoms with Crippen molar-refractivity contribution in [2.45, 2.75) is 13.5 Å². The summed E-state index contributed by atoms with van der Waals surface area (Å²) in [7, 11) is 0. The summed E-state index contributed by atoms with van der Waals surface area (Å²) in [4.78, 5) is 0. The van der Waals surface area contributed by atoms with Crippen molar-refractivity contribution < 1.29 is 9.84 Å². The van der Waals surface area contributed by atoms with E-state index in [2.05, 4.69) is 35.7 Å². The molecule has 0 saturated heterocycles. The maximum Gasteiger partial charge on any atom is 0.221 e. The van der Waals surface area contributed by atoms with Gasteiger partial charge in [0, 0.05) is 5.56 Å². The van der Waals surface area contributed by atoms with Gasteiger partial charge < -0.3 is 10.5 Å². The molecule has 0 aliphatic rings. The van der Waals surface area contributed by atoms with E-state index in [0.29, 0.717) is 6.61 Å². The zero-order valence-electron chi connectivity index (χ0n) is 11.8. The second-order valence-electron chi connectivity index (χ2n) is 4.63. The van der Waals surface area contributed by atoms with Crippen molar-refractivity contribution in [2.24, 2.45) is 5.73 Å². The highest BCUT2D eigenvalue weighted by Crippen LogP contribution is 2.14. The summed E-state index contributed by atoms with van der Waals surface area (Å²) in [5.74, 6) is 0.808. The van der Waals surface area contributed by atoms with E-state index in [4.69, 9.17) is 22.7 Å². The van der Waals surface area contributed by atoms with E-state index in [0.717, 1.165) is 16.9 Å². The fraction of sp³-hybridized carbons (Fsp3) is 0.125. The minimum absolute atomic E-state index is 0.193. The Hall–Kier alpha value is -2.40. The zero-order valence-corrected chi connectivity index (χ0v) is 12.6. The molecule has 2 aromatic carbocycles. The number of benzene rings is 2. The molecule has 0 amide bonds. The van der Waals surface area contributed by atoms with Crippen molar-refractivity contribution in [3.8, 4) is 5.75 Å². The van der Waals surface area contributed by atoms with E-state index < -0.39 is 0 Å². The van der Waals surface area contributed by atoms with E-state index in [9.17, 15) is 0 Å². The van der Waals surface area contributed by atoms with Gasteiger partial charge in [0.25, 0.3) is 0 Å². The SMILES string of the molecule is Cc1cccc(COc2cccc(C=[NH+]NC(N)=S)c2)c1. The molecule has 2 aromatic rings. The Bertz CT molecular complexity index is 655. The summed E-state index contributed by atoms with van der Waals surface area (Å²) in [6.07, 6.45) is 1.76. The first-order valence-corrected chi connectivity index (χ1v) is 6.97. The highest BCUT2D eigenvalue weighted by molar-refractivity contribution is 7.80. The standard InChI is InChI=1S/C16H17N3OS/c1-12-4-2-6-14(8-12)11-20-15-7-3-5-13(9-15)10-18-19-16(17)21/h2-10H,11H2,1H3,(H3,17,19,21)/p+1. The molecule has 2 rings (SSSR count). The maximum absolute atomic E-state index is 5.80. The van der Waals surface area contributed by atoms with Crippen molar-refractivity contribution in [1.29, 1.82) is 0 Å². The molecule has 0 spiro atoms. The first kappa shape index (κ1) is 15.0. The van der Waals surface area contributed by atoms with Gasteiger partial charge >= 0.3 is 0 Å². The molecule has 0 aliphatic heterocycles. The first-order valence-electron chi connectivity index (χ1n) is 6.56. The number of nitrogens with two attached hydrogens (primary N) is 1. The number of hydrogen-bond donors (Lipinski definition) is 3. The molecule has 4 nitrogen and oxygen atoms in total. The van der Waals surface area contributed by atoms with Crippen LogP contribution in [0.5, 0.6) is 5.75 Å². The largest absolute Gasteiger partial charge is 0.489 e. The van der Waals surface area contributed by atoms with Crippen LogP contribution in [-0.4, -0.2) is 11.3 Å². The molecule has 0 radical (unpaired) electrons. The zero-order chi connectivity index (χ0) is 15.1. The van der Waals surface area contributed by atoms with Crippen molar-refractivity contribution in [3.63, 3.8) is 0 Å². The predicted molar refractivity (Wildman–Crippen MR) is 88.0 cm³/mol. The van der Waals surface area contributed by atoms with Gasteiger partial charge in [-0.25, -0.2) is 0 Å². The number of thiocarbonyl (C=S) groups is 1. The summed E-state index contributed by atoms with van der Waals surface area (Å²) < 4.78 is 5.80. The Kier molecular flexibility index (Phi) is 5.29. The van der Waals surface area contributed by atoms with Gasteiger partial charge in [0.1, 0.15) is 12.4 Å². The second kappa shape index (κ2) is 7.40.